The molecule has 0 N–H and O–H groups in total. The molecule has 0 spiro atoms. The molecular formula is C9H12ClNO2. The van der Waals surface area contributed by atoms with E-state index in [2.05, 4.69) is 0 Å². The van der Waals surface area contributed by atoms with Crippen LogP contribution in [0.1, 0.15) is 23.7 Å². The van der Waals surface area contributed by atoms with Crippen LogP contribution in [-0.2, 0) is 0 Å². The second-order valence-electron chi connectivity index (χ2n) is 2.83. The summed E-state index contributed by atoms with van der Waals surface area (Å²) in [5.74, 6) is -0.0967. The first-order valence-electron chi connectivity index (χ1n) is 4.15. The Morgan fingerprint density at radius 1 is 1.69 bits per heavy atom. The molecule has 0 radical (unpaired) electrons. The van der Waals surface area contributed by atoms with Gasteiger partial charge in [-0.25, -0.2) is 0 Å². The Hall–Kier alpha value is -0.960. The molecular weight excluding hydrogens is 190 g/mol. The number of rotatable bonds is 3. The first kappa shape index (κ1) is 10.1. The van der Waals surface area contributed by atoms with Crippen molar-refractivity contribution in [3.8, 4) is 0 Å². The Balaban J connectivity index is 2.73. The maximum Gasteiger partial charge on any atom is 0.258 e. The van der Waals surface area contributed by atoms with Gasteiger partial charge >= 0.3 is 0 Å². The van der Waals surface area contributed by atoms with E-state index in [1.54, 1.807) is 18.0 Å². The molecule has 0 bridgehead atoms. The van der Waals surface area contributed by atoms with E-state index in [0.29, 0.717) is 5.56 Å². The summed E-state index contributed by atoms with van der Waals surface area (Å²) in [5, 5.41) is 0.160. The first-order chi connectivity index (χ1) is 6.16. The Morgan fingerprint density at radius 3 is 2.85 bits per heavy atom. The zero-order valence-electron chi connectivity index (χ0n) is 7.71. The van der Waals surface area contributed by atoms with Crippen LogP contribution in [0, 0.1) is 0 Å². The lowest BCUT2D eigenvalue weighted by atomic mass is 10.3. The normalized spacial score (nSPS) is 10.1. The Labute approximate surface area is 82.3 Å². The lowest BCUT2D eigenvalue weighted by Gasteiger charge is -2.14. The molecule has 0 aliphatic heterocycles. The quantitative estimate of drug-likeness (QED) is 0.753. The smallest absolute Gasteiger partial charge is 0.258 e. The average Bonchev–Trinajstić information content (AvgIpc) is 2.50. The van der Waals surface area contributed by atoms with Crippen LogP contribution < -0.4 is 0 Å². The molecule has 0 aliphatic rings. The van der Waals surface area contributed by atoms with Gasteiger partial charge < -0.3 is 9.32 Å². The van der Waals surface area contributed by atoms with Gasteiger partial charge in [-0.1, -0.05) is 6.92 Å². The van der Waals surface area contributed by atoms with Crippen molar-refractivity contribution in [3.05, 3.63) is 23.1 Å². The number of amides is 1. The van der Waals surface area contributed by atoms with Gasteiger partial charge in [0.1, 0.15) is 0 Å². The third kappa shape index (κ3) is 2.25. The van der Waals surface area contributed by atoms with Crippen molar-refractivity contribution in [3.63, 3.8) is 0 Å². The molecule has 1 amide bonds. The summed E-state index contributed by atoms with van der Waals surface area (Å²) in [7, 11) is 1.75. The maximum atomic E-state index is 11.6. The third-order valence-electron chi connectivity index (χ3n) is 1.75. The molecule has 0 saturated heterocycles. The van der Waals surface area contributed by atoms with Crippen LogP contribution in [0.25, 0.3) is 0 Å². The van der Waals surface area contributed by atoms with Crippen molar-refractivity contribution >= 4 is 17.5 Å². The van der Waals surface area contributed by atoms with Gasteiger partial charge in [-0.3, -0.25) is 4.79 Å². The highest BCUT2D eigenvalue weighted by molar-refractivity contribution is 6.32. The zero-order chi connectivity index (χ0) is 9.84. The highest BCUT2D eigenvalue weighted by Gasteiger charge is 2.16. The maximum absolute atomic E-state index is 11.6. The molecule has 1 aromatic heterocycles. The Morgan fingerprint density at radius 2 is 2.38 bits per heavy atom. The molecule has 1 heterocycles. The second-order valence-corrected chi connectivity index (χ2v) is 3.18. The van der Waals surface area contributed by atoms with Crippen LogP contribution >= 0.6 is 11.6 Å². The lowest BCUT2D eigenvalue weighted by molar-refractivity contribution is 0.0794. The van der Waals surface area contributed by atoms with Crippen LogP contribution in [-0.4, -0.2) is 24.4 Å². The van der Waals surface area contributed by atoms with Gasteiger partial charge in [0, 0.05) is 13.6 Å². The van der Waals surface area contributed by atoms with Crippen molar-refractivity contribution in [2.24, 2.45) is 0 Å². The molecule has 0 aromatic carbocycles. The fourth-order valence-corrected chi connectivity index (χ4v) is 1.28. The van der Waals surface area contributed by atoms with Gasteiger partial charge in [0.2, 0.25) is 5.22 Å². The van der Waals surface area contributed by atoms with Crippen LogP contribution in [0.2, 0.25) is 5.22 Å². The van der Waals surface area contributed by atoms with E-state index in [4.69, 9.17) is 16.0 Å². The van der Waals surface area contributed by atoms with Crippen molar-refractivity contribution in [2.75, 3.05) is 13.6 Å². The average molecular weight is 202 g/mol. The predicted molar refractivity (Wildman–Crippen MR) is 51.0 cm³/mol. The van der Waals surface area contributed by atoms with Gasteiger partial charge in [0.15, 0.2) is 0 Å². The zero-order valence-corrected chi connectivity index (χ0v) is 8.47. The topological polar surface area (TPSA) is 33.5 Å². The SMILES string of the molecule is CCCN(C)C(=O)c1ccoc1Cl. The van der Waals surface area contributed by atoms with Gasteiger partial charge in [-0.2, -0.15) is 0 Å². The van der Waals surface area contributed by atoms with E-state index in [0.717, 1.165) is 13.0 Å². The first-order valence-corrected chi connectivity index (χ1v) is 4.53. The van der Waals surface area contributed by atoms with Crippen LogP contribution in [0.15, 0.2) is 16.7 Å². The highest BCUT2D eigenvalue weighted by Crippen LogP contribution is 2.17. The van der Waals surface area contributed by atoms with Gasteiger partial charge in [0.05, 0.1) is 11.8 Å². The summed E-state index contributed by atoms with van der Waals surface area (Å²) in [6, 6.07) is 1.58. The molecule has 72 valence electrons. The number of furan rings is 1. The number of hydrogen-bond donors (Lipinski definition) is 0. The minimum atomic E-state index is -0.0967. The van der Waals surface area contributed by atoms with E-state index < -0.39 is 0 Å². The minimum Gasteiger partial charge on any atom is -0.452 e. The molecule has 3 nitrogen and oxygen atoms in total. The van der Waals surface area contributed by atoms with Crippen molar-refractivity contribution < 1.29 is 9.21 Å². The Kier molecular flexibility index (Phi) is 3.37. The van der Waals surface area contributed by atoms with E-state index in [1.807, 2.05) is 6.92 Å². The molecule has 13 heavy (non-hydrogen) atoms. The van der Waals surface area contributed by atoms with Crippen molar-refractivity contribution in [1.82, 2.24) is 4.90 Å². The summed E-state index contributed by atoms with van der Waals surface area (Å²) >= 11 is 5.66. The summed E-state index contributed by atoms with van der Waals surface area (Å²) in [4.78, 5) is 13.2. The number of hydrogen-bond acceptors (Lipinski definition) is 2. The van der Waals surface area contributed by atoms with Gasteiger partial charge in [-0.05, 0) is 24.1 Å². The second kappa shape index (κ2) is 4.33. The third-order valence-corrected chi connectivity index (χ3v) is 2.05. The van der Waals surface area contributed by atoms with E-state index in [-0.39, 0.29) is 11.1 Å². The van der Waals surface area contributed by atoms with E-state index >= 15 is 0 Å². The molecule has 0 saturated carbocycles. The molecule has 0 atom stereocenters. The van der Waals surface area contributed by atoms with E-state index in [1.165, 1.54) is 6.26 Å². The van der Waals surface area contributed by atoms with Gasteiger partial charge in [0.25, 0.3) is 5.91 Å². The number of halogens is 1. The number of carbonyl (C=O) groups excluding carboxylic acids is 1. The molecule has 0 aliphatic carbocycles. The molecule has 0 fully saturated rings. The lowest BCUT2D eigenvalue weighted by Crippen LogP contribution is -2.27. The van der Waals surface area contributed by atoms with Gasteiger partial charge in [-0.15, -0.1) is 0 Å². The van der Waals surface area contributed by atoms with E-state index in [9.17, 15) is 4.79 Å². The monoisotopic (exact) mass is 201 g/mol. The predicted octanol–water partition coefficient (Wildman–Crippen LogP) is 2.42. The van der Waals surface area contributed by atoms with Crippen LogP contribution in [0.3, 0.4) is 0 Å². The molecule has 1 aromatic rings. The minimum absolute atomic E-state index is 0.0967. The molecule has 4 heteroatoms. The molecule has 1 rings (SSSR count). The fraction of sp³-hybridized carbons (Fsp3) is 0.444. The molecule has 0 unspecified atom stereocenters. The summed E-state index contributed by atoms with van der Waals surface area (Å²) in [5.41, 5.74) is 0.428. The van der Waals surface area contributed by atoms with Crippen molar-refractivity contribution in [2.45, 2.75) is 13.3 Å². The fourth-order valence-electron chi connectivity index (χ4n) is 1.09. The van der Waals surface area contributed by atoms with Crippen molar-refractivity contribution in [1.29, 1.82) is 0 Å². The Bertz CT molecular complexity index is 296. The highest BCUT2D eigenvalue weighted by atomic mass is 35.5. The van der Waals surface area contributed by atoms with Crippen LogP contribution in [0.4, 0.5) is 0 Å². The largest absolute Gasteiger partial charge is 0.452 e. The van der Waals surface area contributed by atoms with Crippen LogP contribution in [0.5, 0.6) is 0 Å². The number of nitrogens with zero attached hydrogens (tertiary/aromatic N) is 1. The number of carbonyl (C=O) groups is 1. The summed E-state index contributed by atoms with van der Waals surface area (Å²) in [6.07, 6.45) is 2.34. The standard InChI is InChI=1S/C9H12ClNO2/c1-3-5-11(2)9(12)7-4-6-13-8(7)10/h4,6H,3,5H2,1-2H3. The summed E-state index contributed by atoms with van der Waals surface area (Å²) in [6.45, 7) is 2.74. The summed E-state index contributed by atoms with van der Waals surface area (Å²) < 4.78 is 4.83.